The van der Waals surface area contributed by atoms with E-state index in [2.05, 4.69) is 15.3 Å². The van der Waals surface area contributed by atoms with Crippen molar-refractivity contribution in [2.24, 2.45) is 0 Å². The first-order valence-electron chi connectivity index (χ1n) is 8.99. The second kappa shape index (κ2) is 13.9. The molecule has 1 aromatic rings. The van der Waals surface area contributed by atoms with Crippen LogP contribution in [0.1, 0.15) is 19.3 Å². The Morgan fingerprint density at radius 1 is 1.26 bits per heavy atom. The SMILES string of the molecule is CN(C(=O)CC1CSCCN1)C1CCN(CCn2cccn2)CC1.Cl.Cl.Cl. The number of hydrogen-bond acceptors (Lipinski definition) is 5. The van der Waals surface area contributed by atoms with E-state index in [0.29, 0.717) is 24.4 Å². The van der Waals surface area contributed by atoms with E-state index >= 15 is 0 Å². The van der Waals surface area contributed by atoms with Gasteiger partial charge in [0, 0.05) is 75.6 Å². The molecule has 0 aliphatic carbocycles. The van der Waals surface area contributed by atoms with Crippen molar-refractivity contribution in [1.29, 1.82) is 0 Å². The maximum absolute atomic E-state index is 12.5. The van der Waals surface area contributed by atoms with Crippen LogP contribution < -0.4 is 5.32 Å². The van der Waals surface area contributed by atoms with Gasteiger partial charge in [-0.1, -0.05) is 0 Å². The number of aromatic nitrogens is 2. The molecular weight excluding hydrogens is 429 g/mol. The second-order valence-electron chi connectivity index (χ2n) is 6.78. The molecule has 0 saturated carbocycles. The van der Waals surface area contributed by atoms with Crippen LogP contribution >= 0.6 is 49.0 Å². The number of carbonyl (C=O) groups is 1. The first kappa shape index (κ1) is 26.8. The molecule has 6 nitrogen and oxygen atoms in total. The molecule has 3 heterocycles. The Bertz CT molecular complexity index is 509. The highest BCUT2D eigenvalue weighted by Crippen LogP contribution is 2.18. The van der Waals surface area contributed by atoms with Gasteiger partial charge in [0.15, 0.2) is 0 Å². The third kappa shape index (κ3) is 8.38. The first-order valence-corrected chi connectivity index (χ1v) is 10.1. The van der Waals surface area contributed by atoms with Gasteiger partial charge in [-0.2, -0.15) is 16.9 Å². The van der Waals surface area contributed by atoms with Gasteiger partial charge in [-0.3, -0.25) is 9.48 Å². The minimum absolute atomic E-state index is 0. The summed E-state index contributed by atoms with van der Waals surface area (Å²) in [5, 5.41) is 7.71. The molecule has 1 amide bonds. The third-order valence-corrected chi connectivity index (χ3v) is 6.25. The summed E-state index contributed by atoms with van der Waals surface area (Å²) >= 11 is 1.95. The summed E-state index contributed by atoms with van der Waals surface area (Å²) < 4.78 is 1.98. The Balaban J connectivity index is 0.00000225. The summed E-state index contributed by atoms with van der Waals surface area (Å²) in [7, 11) is 1.99. The number of amides is 1. The monoisotopic (exact) mass is 459 g/mol. The van der Waals surface area contributed by atoms with Gasteiger partial charge in [0.1, 0.15) is 0 Å². The van der Waals surface area contributed by atoms with Crippen LogP contribution in [0.4, 0.5) is 0 Å². The summed E-state index contributed by atoms with van der Waals surface area (Å²) in [5.41, 5.74) is 0. The molecule has 1 atom stereocenters. The Hall–Kier alpha value is -0.180. The summed E-state index contributed by atoms with van der Waals surface area (Å²) in [6, 6.07) is 2.72. The lowest BCUT2D eigenvalue weighted by Crippen LogP contribution is -2.48. The molecule has 2 fully saturated rings. The fraction of sp³-hybridized carbons (Fsp3) is 0.765. The molecule has 0 radical (unpaired) electrons. The minimum atomic E-state index is 0. The zero-order valence-corrected chi connectivity index (χ0v) is 19.1. The van der Waals surface area contributed by atoms with Crippen LogP contribution in [0.25, 0.3) is 0 Å². The van der Waals surface area contributed by atoms with Crippen LogP contribution in [0.15, 0.2) is 18.5 Å². The van der Waals surface area contributed by atoms with Gasteiger partial charge in [0.2, 0.25) is 5.91 Å². The van der Waals surface area contributed by atoms with Crippen LogP contribution in [0, 0.1) is 0 Å². The van der Waals surface area contributed by atoms with Gasteiger partial charge in [0.05, 0.1) is 6.54 Å². The number of halogens is 3. The number of piperidine rings is 1. The molecule has 2 saturated heterocycles. The van der Waals surface area contributed by atoms with E-state index in [4.69, 9.17) is 0 Å². The topological polar surface area (TPSA) is 53.4 Å². The molecule has 3 rings (SSSR count). The van der Waals surface area contributed by atoms with E-state index in [0.717, 1.165) is 57.1 Å². The van der Waals surface area contributed by atoms with Gasteiger partial charge < -0.3 is 15.1 Å². The fourth-order valence-corrected chi connectivity index (χ4v) is 4.47. The molecule has 2 aliphatic rings. The van der Waals surface area contributed by atoms with Crippen molar-refractivity contribution in [3.8, 4) is 0 Å². The van der Waals surface area contributed by atoms with Gasteiger partial charge in [-0.05, 0) is 18.9 Å². The van der Waals surface area contributed by atoms with Crippen LogP contribution in [0.5, 0.6) is 0 Å². The number of nitrogens with one attached hydrogen (secondary N) is 1. The minimum Gasteiger partial charge on any atom is -0.343 e. The smallest absolute Gasteiger partial charge is 0.224 e. The highest BCUT2D eigenvalue weighted by Gasteiger charge is 2.27. The molecule has 0 spiro atoms. The van der Waals surface area contributed by atoms with Crippen molar-refractivity contribution in [2.75, 3.05) is 44.7 Å². The predicted octanol–water partition coefficient (Wildman–Crippen LogP) is 2.17. The molecule has 1 unspecified atom stereocenters. The Labute approximate surface area is 185 Å². The molecule has 1 aromatic heterocycles. The maximum atomic E-state index is 12.5. The third-order valence-electron chi connectivity index (χ3n) is 5.12. The number of nitrogens with zero attached hydrogens (tertiary/aromatic N) is 4. The zero-order valence-electron chi connectivity index (χ0n) is 15.8. The van der Waals surface area contributed by atoms with Gasteiger partial charge in [0.25, 0.3) is 0 Å². The highest BCUT2D eigenvalue weighted by atomic mass is 35.5. The average molecular weight is 461 g/mol. The van der Waals surface area contributed by atoms with Gasteiger partial charge in [-0.25, -0.2) is 0 Å². The summed E-state index contributed by atoms with van der Waals surface area (Å²) in [6.45, 7) is 5.15. The van der Waals surface area contributed by atoms with Crippen molar-refractivity contribution in [1.82, 2.24) is 24.9 Å². The van der Waals surface area contributed by atoms with Gasteiger partial charge >= 0.3 is 0 Å². The van der Waals surface area contributed by atoms with E-state index in [9.17, 15) is 4.79 Å². The number of hydrogen-bond donors (Lipinski definition) is 1. The van der Waals surface area contributed by atoms with Crippen LogP contribution in [-0.4, -0.2) is 82.3 Å². The standard InChI is InChI=1S/C17H29N5OS.3ClH/c1-20(17(23)13-15-14-24-12-6-18-15)16-3-8-21(9-4-16)10-11-22-7-2-5-19-22;;;/h2,5,7,15-16,18H,3-4,6,8-14H2,1H3;3*1H. The highest BCUT2D eigenvalue weighted by molar-refractivity contribution is 7.99. The van der Waals surface area contributed by atoms with E-state index in [1.807, 2.05) is 46.9 Å². The number of likely N-dealkylation sites (tertiary alicyclic amines) is 1. The summed E-state index contributed by atoms with van der Waals surface area (Å²) in [6.07, 6.45) is 6.63. The van der Waals surface area contributed by atoms with Crippen molar-refractivity contribution >= 4 is 54.9 Å². The van der Waals surface area contributed by atoms with E-state index < -0.39 is 0 Å². The zero-order chi connectivity index (χ0) is 16.8. The second-order valence-corrected chi connectivity index (χ2v) is 7.93. The van der Waals surface area contributed by atoms with E-state index in [1.165, 1.54) is 0 Å². The summed E-state index contributed by atoms with van der Waals surface area (Å²) in [5.74, 6) is 2.52. The van der Waals surface area contributed by atoms with E-state index in [1.54, 1.807) is 0 Å². The van der Waals surface area contributed by atoms with E-state index in [-0.39, 0.29) is 37.2 Å². The number of carbonyl (C=O) groups excluding carboxylic acids is 1. The largest absolute Gasteiger partial charge is 0.343 e. The molecule has 158 valence electrons. The Morgan fingerprint density at radius 2 is 2.00 bits per heavy atom. The van der Waals surface area contributed by atoms with Crippen LogP contribution in [0.3, 0.4) is 0 Å². The van der Waals surface area contributed by atoms with Crippen molar-refractivity contribution < 1.29 is 4.79 Å². The Kier molecular flexibility index (Phi) is 13.8. The average Bonchev–Trinajstić information content (AvgIpc) is 3.14. The number of rotatable bonds is 6. The molecule has 10 heteroatoms. The fourth-order valence-electron chi connectivity index (χ4n) is 3.52. The predicted molar refractivity (Wildman–Crippen MR) is 120 cm³/mol. The maximum Gasteiger partial charge on any atom is 0.224 e. The normalized spacial score (nSPS) is 20.7. The quantitative estimate of drug-likeness (QED) is 0.705. The molecular formula is C17H32Cl3N5OS. The van der Waals surface area contributed by atoms with Crippen LogP contribution in [-0.2, 0) is 11.3 Å². The lowest BCUT2D eigenvalue weighted by Gasteiger charge is -2.37. The lowest BCUT2D eigenvalue weighted by atomic mass is 10.0. The Morgan fingerprint density at radius 3 is 2.59 bits per heavy atom. The first-order chi connectivity index (χ1) is 11.7. The van der Waals surface area contributed by atoms with Crippen LogP contribution in [0.2, 0.25) is 0 Å². The molecule has 0 aromatic carbocycles. The lowest BCUT2D eigenvalue weighted by molar-refractivity contribution is -0.133. The van der Waals surface area contributed by atoms with Crippen molar-refractivity contribution in [3.63, 3.8) is 0 Å². The van der Waals surface area contributed by atoms with Crippen molar-refractivity contribution in [3.05, 3.63) is 18.5 Å². The molecule has 0 bridgehead atoms. The molecule has 27 heavy (non-hydrogen) atoms. The van der Waals surface area contributed by atoms with Crippen molar-refractivity contribution in [2.45, 2.75) is 37.9 Å². The van der Waals surface area contributed by atoms with Gasteiger partial charge in [-0.15, -0.1) is 37.2 Å². The molecule has 1 N–H and O–H groups in total. The molecule has 2 aliphatic heterocycles. The number of thioether (sulfide) groups is 1. The summed E-state index contributed by atoms with van der Waals surface area (Å²) in [4.78, 5) is 17.0.